The first kappa shape index (κ1) is 23.6. The molecule has 0 spiro atoms. The van der Waals surface area contributed by atoms with Gasteiger partial charge in [-0.1, -0.05) is 35.5 Å². The Morgan fingerprint density at radius 1 is 1.06 bits per heavy atom. The van der Waals surface area contributed by atoms with Crippen LogP contribution in [0.1, 0.15) is 16.1 Å². The van der Waals surface area contributed by atoms with Crippen LogP contribution in [0.25, 0.3) is 11.3 Å². The van der Waals surface area contributed by atoms with Crippen molar-refractivity contribution in [2.45, 2.75) is 11.8 Å². The average Bonchev–Trinajstić information content (AvgIpc) is 3.25. The molecule has 10 nitrogen and oxygen atoms in total. The summed E-state index contributed by atoms with van der Waals surface area (Å²) in [6.07, 6.45) is 0. The van der Waals surface area contributed by atoms with Gasteiger partial charge in [0.25, 0.3) is 5.91 Å². The largest absolute Gasteiger partial charge is 0.452 e. The lowest BCUT2D eigenvalue weighted by molar-refractivity contribution is -0.119. The number of hydrogen-bond donors (Lipinski definition) is 1. The van der Waals surface area contributed by atoms with Crippen molar-refractivity contribution in [3.05, 3.63) is 65.9 Å². The molecule has 1 aliphatic rings. The zero-order chi connectivity index (χ0) is 24.1. The van der Waals surface area contributed by atoms with Gasteiger partial charge in [0.15, 0.2) is 6.61 Å². The van der Waals surface area contributed by atoms with Crippen LogP contribution < -0.4 is 5.32 Å². The molecule has 1 N–H and O–H groups in total. The van der Waals surface area contributed by atoms with Crippen LogP contribution in [-0.4, -0.2) is 62.7 Å². The molecular weight excluding hydrogens is 462 g/mol. The molecule has 2 aromatic carbocycles. The quantitative estimate of drug-likeness (QED) is 0.506. The van der Waals surface area contributed by atoms with E-state index in [1.807, 2.05) is 6.07 Å². The number of esters is 1. The number of anilines is 1. The second-order valence-electron chi connectivity index (χ2n) is 7.49. The summed E-state index contributed by atoms with van der Waals surface area (Å²) in [5.41, 5.74) is 1.54. The number of sulfonamides is 1. The van der Waals surface area contributed by atoms with Crippen molar-refractivity contribution >= 4 is 27.6 Å². The van der Waals surface area contributed by atoms with E-state index in [1.54, 1.807) is 31.2 Å². The Balaban J connectivity index is 1.36. The topological polar surface area (TPSA) is 128 Å². The molecule has 1 aromatic heterocycles. The van der Waals surface area contributed by atoms with Gasteiger partial charge in [0.1, 0.15) is 17.0 Å². The third kappa shape index (κ3) is 5.16. The molecule has 4 rings (SSSR count). The smallest absolute Gasteiger partial charge is 0.344 e. The van der Waals surface area contributed by atoms with Gasteiger partial charge in [-0.15, -0.1) is 0 Å². The Kier molecular flexibility index (Phi) is 7.06. The number of carbonyl (C=O) groups excluding carboxylic acids is 2. The number of aromatic nitrogens is 1. The second kappa shape index (κ2) is 10.2. The van der Waals surface area contributed by atoms with E-state index in [4.69, 9.17) is 14.0 Å². The molecule has 0 aliphatic carbocycles. The molecule has 1 fully saturated rings. The van der Waals surface area contributed by atoms with Gasteiger partial charge < -0.3 is 19.3 Å². The fraction of sp³-hybridized carbons (Fsp3) is 0.261. The molecule has 1 aliphatic heterocycles. The van der Waals surface area contributed by atoms with E-state index in [9.17, 15) is 18.0 Å². The summed E-state index contributed by atoms with van der Waals surface area (Å²) in [4.78, 5) is 25.0. The molecule has 178 valence electrons. The van der Waals surface area contributed by atoms with E-state index in [0.29, 0.717) is 43.2 Å². The first-order valence-corrected chi connectivity index (χ1v) is 12.0. The molecule has 0 bridgehead atoms. The van der Waals surface area contributed by atoms with E-state index in [-0.39, 0.29) is 16.2 Å². The van der Waals surface area contributed by atoms with E-state index < -0.39 is 28.5 Å². The number of nitrogens with one attached hydrogen (secondary N) is 1. The van der Waals surface area contributed by atoms with Crippen LogP contribution in [0.4, 0.5) is 5.69 Å². The highest BCUT2D eigenvalue weighted by atomic mass is 32.2. The van der Waals surface area contributed by atoms with E-state index in [0.717, 1.165) is 0 Å². The fourth-order valence-corrected chi connectivity index (χ4v) is 4.86. The zero-order valence-corrected chi connectivity index (χ0v) is 19.2. The molecule has 34 heavy (non-hydrogen) atoms. The van der Waals surface area contributed by atoms with Gasteiger partial charge in [-0.2, -0.15) is 4.31 Å². The Labute approximate surface area is 196 Å². The number of amides is 1. The van der Waals surface area contributed by atoms with Gasteiger partial charge in [-0.3, -0.25) is 4.79 Å². The van der Waals surface area contributed by atoms with Crippen LogP contribution in [0, 0.1) is 6.92 Å². The Hall–Kier alpha value is -3.54. The fourth-order valence-electron chi connectivity index (χ4n) is 3.45. The highest BCUT2D eigenvalue weighted by Crippen LogP contribution is 2.26. The minimum Gasteiger partial charge on any atom is -0.452 e. The molecule has 11 heteroatoms. The predicted molar refractivity (Wildman–Crippen MR) is 122 cm³/mol. The van der Waals surface area contributed by atoms with Gasteiger partial charge in [0.2, 0.25) is 10.0 Å². The molecular formula is C23H23N3O7S. The lowest BCUT2D eigenvalue weighted by atomic mass is 10.1. The summed E-state index contributed by atoms with van der Waals surface area (Å²) in [7, 11) is -3.63. The number of ether oxygens (including phenoxy) is 2. The number of benzene rings is 2. The van der Waals surface area contributed by atoms with Crippen LogP contribution in [0.15, 0.2) is 64.0 Å². The molecule has 1 saturated heterocycles. The molecule has 3 aromatic rings. The number of rotatable bonds is 7. The number of nitrogens with zero attached hydrogens (tertiary/aromatic N) is 2. The summed E-state index contributed by atoms with van der Waals surface area (Å²) < 4.78 is 42.2. The highest BCUT2D eigenvalue weighted by Gasteiger charge is 2.26. The lowest BCUT2D eigenvalue weighted by Gasteiger charge is -2.26. The van der Waals surface area contributed by atoms with E-state index in [1.165, 1.54) is 28.6 Å². The molecule has 0 unspecified atom stereocenters. The number of morpholine rings is 1. The van der Waals surface area contributed by atoms with Crippen molar-refractivity contribution in [2.24, 2.45) is 0 Å². The van der Waals surface area contributed by atoms with Crippen LogP contribution in [-0.2, 0) is 24.3 Å². The molecule has 0 saturated carbocycles. The molecule has 0 atom stereocenters. The Bertz CT molecular complexity index is 1270. The zero-order valence-electron chi connectivity index (χ0n) is 18.4. The van der Waals surface area contributed by atoms with E-state index >= 15 is 0 Å². The van der Waals surface area contributed by atoms with E-state index in [2.05, 4.69) is 10.5 Å². The van der Waals surface area contributed by atoms with Crippen LogP contribution >= 0.6 is 0 Å². The SMILES string of the molecule is Cc1onc(-c2ccccc2)c1C(=O)OCC(=O)Nc1ccc(S(=O)(=O)N2CCOCC2)cc1. The minimum absolute atomic E-state index is 0.121. The number of aryl methyl sites for hydroxylation is 1. The average molecular weight is 486 g/mol. The third-order valence-corrected chi connectivity index (χ3v) is 7.11. The first-order valence-electron chi connectivity index (χ1n) is 10.5. The Morgan fingerprint density at radius 2 is 1.74 bits per heavy atom. The molecule has 1 amide bonds. The van der Waals surface area contributed by atoms with Crippen molar-refractivity contribution < 1.29 is 32.0 Å². The third-order valence-electron chi connectivity index (χ3n) is 5.19. The maximum atomic E-state index is 12.7. The van der Waals surface area contributed by atoms with Crippen molar-refractivity contribution in [2.75, 3.05) is 38.2 Å². The highest BCUT2D eigenvalue weighted by molar-refractivity contribution is 7.89. The van der Waals surface area contributed by atoms with Gasteiger partial charge >= 0.3 is 5.97 Å². The standard InChI is InChI=1S/C23H23N3O7S/c1-16-21(22(25-33-16)17-5-3-2-4-6-17)23(28)32-15-20(27)24-18-7-9-19(10-8-18)34(29,30)26-11-13-31-14-12-26/h2-10H,11-15H2,1H3,(H,24,27). The number of carbonyl (C=O) groups is 2. The minimum atomic E-state index is -3.63. The van der Waals surface area contributed by atoms with Crippen LogP contribution in [0.3, 0.4) is 0 Å². The summed E-state index contributed by atoms with van der Waals surface area (Å²) >= 11 is 0. The summed E-state index contributed by atoms with van der Waals surface area (Å²) in [6, 6.07) is 14.8. The predicted octanol–water partition coefficient (Wildman–Crippen LogP) is 2.47. The van der Waals surface area contributed by atoms with Gasteiger partial charge in [0, 0.05) is 24.3 Å². The maximum absolute atomic E-state index is 12.7. The lowest BCUT2D eigenvalue weighted by Crippen LogP contribution is -2.40. The van der Waals surface area contributed by atoms with Crippen LogP contribution in [0.2, 0.25) is 0 Å². The van der Waals surface area contributed by atoms with Gasteiger partial charge in [0.05, 0.1) is 18.1 Å². The molecule has 0 radical (unpaired) electrons. The first-order chi connectivity index (χ1) is 16.4. The van der Waals surface area contributed by atoms with Crippen molar-refractivity contribution in [1.29, 1.82) is 0 Å². The second-order valence-corrected chi connectivity index (χ2v) is 9.43. The summed E-state index contributed by atoms with van der Waals surface area (Å²) in [5.74, 6) is -1.03. The van der Waals surface area contributed by atoms with Gasteiger partial charge in [-0.25, -0.2) is 13.2 Å². The van der Waals surface area contributed by atoms with Crippen molar-refractivity contribution in [3.8, 4) is 11.3 Å². The van der Waals surface area contributed by atoms with Gasteiger partial charge in [-0.05, 0) is 31.2 Å². The molecule has 2 heterocycles. The summed E-state index contributed by atoms with van der Waals surface area (Å²) in [5, 5.41) is 6.51. The van der Waals surface area contributed by atoms with Crippen LogP contribution in [0.5, 0.6) is 0 Å². The monoisotopic (exact) mass is 485 g/mol. The number of hydrogen-bond acceptors (Lipinski definition) is 8. The normalized spacial score (nSPS) is 14.5. The maximum Gasteiger partial charge on any atom is 0.344 e. The Morgan fingerprint density at radius 3 is 2.41 bits per heavy atom. The van der Waals surface area contributed by atoms with Crippen molar-refractivity contribution in [3.63, 3.8) is 0 Å². The summed E-state index contributed by atoms with van der Waals surface area (Å²) in [6.45, 7) is 2.35. The van der Waals surface area contributed by atoms with Crippen molar-refractivity contribution in [1.82, 2.24) is 9.46 Å².